The standard InChI is InChI=1S/C10H14ClN3O2S/c1-17-16-7-8-6-9(11)13-10(12-8)14-2-4-15-5-3-14/h6H,2-5,7H2,1H3. The first-order valence-electron chi connectivity index (χ1n) is 5.31. The normalized spacial score (nSPS) is 16.2. The average Bonchev–Trinajstić information content (AvgIpc) is 2.37. The van der Waals surface area contributed by atoms with Crippen LogP contribution in [0.5, 0.6) is 0 Å². The number of halogens is 1. The molecule has 0 N–H and O–H groups in total. The molecule has 17 heavy (non-hydrogen) atoms. The van der Waals surface area contributed by atoms with Crippen molar-refractivity contribution in [1.29, 1.82) is 0 Å². The van der Waals surface area contributed by atoms with Gasteiger partial charge in [-0.3, -0.25) is 0 Å². The van der Waals surface area contributed by atoms with Crippen molar-refractivity contribution in [3.8, 4) is 0 Å². The quantitative estimate of drug-likeness (QED) is 0.616. The smallest absolute Gasteiger partial charge is 0.227 e. The van der Waals surface area contributed by atoms with E-state index in [0.29, 0.717) is 30.9 Å². The number of rotatable bonds is 4. The molecule has 5 nitrogen and oxygen atoms in total. The minimum atomic E-state index is 0.431. The monoisotopic (exact) mass is 275 g/mol. The van der Waals surface area contributed by atoms with Gasteiger partial charge >= 0.3 is 0 Å². The van der Waals surface area contributed by atoms with Crippen LogP contribution in [0.25, 0.3) is 0 Å². The fourth-order valence-corrected chi connectivity index (χ4v) is 1.99. The third-order valence-electron chi connectivity index (χ3n) is 2.35. The topological polar surface area (TPSA) is 47.5 Å². The molecule has 0 saturated carbocycles. The van der Waals surface area contributed by atoms with Crippen LogP contribution in [-0.2, 0) is 15.5 Å². The molecule has 1 aliphatic heterocycles. The average molecular weight is 276 g/mol. The fourth-order valence-electron chi connectivity index (χ4n) is 1.55. The Hall–Kier alpha value is -0.560. The van der Waals surface area contributed by atoms with Crippen molar-refractivity contribution in [2.24, 2.45) is 0 Å². The summed E-state index contributed by atoms with van der Waals surface area (Å²) in [7, 11) is 0. The van der Waals surface area contributed by atoms with Crippen molar-refractivity contribution in [2.75, 3.05) is 37.5 Å². The third kappa shape index (κ3) is 3.70. The van der Waals surface area contributed by atoms with Gasteiger partial charge in [0.2, 0.25) is 5.95 Å². The number of aromatic nitrogens is 2. The molecule has 1 aromatic rings. The summed E-state index contributed by atoms with van der Waals surface area (Å²) >= 11 is 7.28. The van der Waals surface area contributed by atoms with Crippen LogP contribution in [0, 0.1) is 0 Å². The van der Waals surface area contributed by atoms with Crippen LogP contribution in [0.4, 0.5) is 5.95 Å². The van der Waals surface area contributed by atoms with Crippen molar-refractivity contribution >= 4 is 29.6 Å². The van der Waals surface area contributed by atoms with Crippen LogP contribution in [0.15, 0.2) is 6.07 Å². The Morgan fingerprint density at radius 2 is 2.24 bits per heavy atom. The lowest BCUT2D eigenvalue weighted by atomic mass is 10.4. The lowest BCUT2D eigenvalue weighted by molar-refractivity contribution is 0.122. The van der Waals surface area contributed by atoms with E-state index >= 15 is 0 Å². The summed E-state index contributed by atoms with van der Waals surface area (Å²) in [5, 5.41) is 0.446. The van der Waals surface area contributed by atoms with Crippen LogP contribution < -0.4 is 4.90 Å². The van der Waals surface area contributed by atoms with E-state index in [2.05, 4.69) is 14.9 Å². The molecule has 2 heterocycles. The van der Waals surface area contributed by atoms with Gasteiger partial charge in [0.15, 0.2) is 0 Å². The van der Waals surface area contributed by atoms with E-state index in [9.17, 15) is 0 Å². The first-order chi connectivity index (χ1) is 8.29. The summed E-state index contributed by atoms with van der Waals surface area (Å²) in [6, 6.07) is 1.72. The lowest BCUT2D eigenvalue weighted by Crippen LogP contribution is -2.37. The molecule has 1 aliphatic rings. The van der Waals surface area contributed by atoms with Crippen molar-refractivity contribution in [3.05, 3.63) is 16.9 Å². The van der Waals surface area contributed by atoms with E-state index in [-0.39, 0.29) is 0 Å². The summed E-state index contributed by atoms with van der Waals surface area (Å²) in [5.41, 5.74) is 0.792. The molecule has 0 aliphatic carbocycles. The van der Waals surface area contributed by atoms with Gasteiger partial charge in [0.1, 0.15) is 11.8 Å². The molecule has 0 atom stereocenters. The second-order valence-corrected chi connectivity index (χ2v) is 4.47. The van der Waals surface area contributed by atoms with Gasteiger partial charge in [0, 0.05) is 19.3 Å². The maximum absolute atomic E-state index is 5.98. The number of hydrogen-bond donors (Lipinski definition) is 0. The highest BCUT2D eigenvalue weighted by Crippen LogP contribution is 2.16. The molecule has 1 fully saturated rings. The van der Waals surface area contributed by atoms with E-state index in [0.717, 1.165) is 18.8 Å². The van der Waals surface area contributed by atoms with E-state index in [1.807, 2.05) is 6.26 Å². The van der Waals surface area contributed by atoms with Gasteiger partial charge < -0.3 is 13.8 Å². The van der Waals surface area contributed by atoms with E-state index < -0.39 is 0 Å². The maximum atomic E-state index is 5.98. The van der Waals surface area contributed by atoms with Crippen molar-refractivity contribution < 1.29 is 8.92 Å². The molecule has 0 bridgehead atoms. The number of nitrogens with zero attached hydrogens (tertiary/aromatic N) is 3. The number of morpholine rings is 1. The van der Waals surface area contributed by atoms with Crippen LogP contribution in [0.2, 0.25) is 5.15 Å². The van der Waals surface area contributed by atoms with Gasteiger partial charge in [-0.25, -0.2) is 9.97 Å². The molecular weight excluding hydrogens is 262 g/mol. The molecule has 94 valence electrons. The van der Waals surface area contributed by atoms with Gasteiger partial charge in [-0.05, 0) is 18.1 Å². The largest absolute Gasteiger partial charge is 0.378 e. The Morgan fingerprint density at radius 3 is 2.94 bits per heavy atom. The number of ether oxygens (including phenoxy) is 1. The Morgan fingerprint density at radius 1 is 1.47 bits per heavy atom. The zero-order chi connectivity index (χ0) is 12.1. The van der Waals surface area contributed by atoms with Crippen LogP contribution in [-0.4, -0.2) is 42.5 Å². The first kappa shape index (κ1) is 12.9. The molecule has 0 spiro atoms. The Balaban J connectivity index is 2.12. The Bertz CT molecular complexity index is 375. The minimum Gasteiger partial charge on any atom is -0.378 e. The van der Waals surface area contributed by atoms with Crippen LogP contribution >= 0.6 is 23.6 Å². The second kappa shape index (κ2) is 6.39. The number of hydrogen-bond acceptors (Lipinski definition) is 6. The highest BCUT2D eigenvalue weighted by atomic mass is 35.5. The predicted molar refractivity (Wildman–Crippen MR) is 68.4 cm³/mol. The Labute approximate surface area is 110 Å². The van der Waals surface area contributed by atoms with Crippen LogP contribution in [0.1, 0.15) is 5.69 Å². The molecule has 2 rings (SSSR count). The molecule has 0 radical (unpaired) electrons. The second-order valence-electron chi connectivity index (χ2n) is 3.51. The third-order valence-corrected chi connectivity index (χ3v) is 2.90. The van der Waals surface area contributed by atoms with Gasteiger partial charge in [0.25, 0.3) is 0 Å². The molecule has 0 unspecified atom stereocenters. The Kier molecular flexibility index (Phi) is 4.85. The van der Waals surface area contributed by atoms with Gasteiger partial charge in [-0.15, -0.1) is 0 Å². The first-order valence-corrected chi connectivity index (χ1v) is 6.84. The zero-order valence-corrected chi connectivity index (χ0v) is 11.1. The van der Waals surface area contributed by atoms with Gasteiger partial charge in [-0.2, -0.15) is 0 Å². The van der Waals surface area contributed by atoms with Crippen molar-refractivity contribution in [2.45, 2.75) is 6.61 Å². The molecule has 0 aromatic carbocycles. The van der Waals surface area contributed by atoms with E-state index in [4.69, 9.17) is 20.5 Å². The predicted octanol–water partition coefficient (Wildman–Crippen LogP) is 1.76. The zero-order valence-electron chi connectivity index (χ0n) is 9.56. The summed E-state index contributed by atoms with van der Waals surface area (Å²) in [6.45, 7) is 3.42. The summed E-state index contributed by atoms with van der Waals surface area (Å²) < 4.78 is 10.5. The molecule has 1 aromatic heterocycles. The summed E-state index contributed by atoms with van der Waals surface area (Å²) in [4.78, 5) is 10.7. The lowest BCUT2D eigenvalue weighted by Gasteiger charge is -2.27. The minimum absolute atomic E-state index is 0.431. The maximum Gasteiger partial charge on any atom is 0.227 e. The molecule has 0 amide bonds. The fraction of sp³-hybridized carbons (Fsp3) is 0.600. The van der Waals surface area contributed by atoms with Gasteiger partial charge in [-0.1, -0.05) is 11.6 Å². The molecule has 1 saturated heterocycles. The highest BCUT2D eigenvalue weighted by molar-refractivity contribution is 7.93. The SMILES string of the molecule is CSOCc1cc(Cl)nc(N2CCOCC2)n1. The summed E-state index contributed by atoms with van der Waals surface area (Å²) in [5.74, 6) is 0.653. The van der Waals surface area contributed by atoms with E-state index in [1.165, 1.54) is 12.0 Å². The highest BCUT2D eigenvalue weighted by Gasteiger charge is 2.15. The molecule has 7 heteroatoms. The molecular formula is C10H14ClN3O2S. The van der Waals surface area contributed by atoms with Crippen molar-refractivity contribution in [3.63, 3.8) is 0 Å². The van der Waals surface area contributed by atoms with Crippen LogP contribution in [0.3, 0.4) is 0 Å². The number of anilines is 1. The van der Waals surface area contributed by atoms with Crippen molar-refractivity contribution in [1.82, 2.24) is 9.97 Å². The summed E-state index contributed by atoms with van der Waals surface area (Å²) in [6.07, 6.45) is 1.87. The van der Waals surface area contributed by atoms with E-state index in [1.54, 1.807) is 6.07 Å². The van der Waals surface area contributed by atoms with Gasteiger partial charge in [0.05, 0.1) is 18.9 Å².